The Morgan fingerprint density at radius 2 is 1.81 bits per heavy atom. The predicted molar refractivity (Wildman–Crippen MR) is 97.2 cm³/mol. The molecule has 0 fully saturated rings. The number of benzene rings is 2. The third kappa shape index (κ3) is 3.53. The van der Waals surface area contributed by atoms with Crippen molar-refractivity contribution in [2.75, 3.05) is 5.32 Å². The van der Waals surface area contributed by atoms with E-state index >= 15 is 0 Å². The van der Waals surface area contributed by atoms with Gasteiger partial charge >= 0.3 is 0 Å². The van der Waals surface area contributed by atoms with Crippen LogP contribution in [0.3, 0.4) is 0 Å². The van der Waals surface area contributed by atoms with Crippen LogP contribution in [0.4, 0.5) is 14.5 Å². The van der Waals surface area contributed by atoms with Crippen LogP contribution in [0.5, 0.6) is 0 Å². The summed E-state index contributed by atoms with van der Waals surface area (Å²) in [6.45, 7) is 1.28. The van der Waals surface area contributed by atoms with Crippen molar-refractivity contribution in [2.24, 2.45) is 5.92 Å². The highest BCUT2D eigenvalue weighted by Crippen LogP contribution is 2.34. The van der Waals surface area contributed by atoms with Crippen molar-refractivity contribution in [1.29, 1.82) is 0 Å². The quantitative estimate of drug-likeness (QED) is 0.821. The summed E-state index contributed by atoms with van der Waals surface area (Å²) >= 11 is 6.12. The zero-order valence-corrected chi connectivity index (χ0v) is 14.7. The molecule has 26 heavy (non-hydrogen) atoms. The number of ketones is 1. The number of rotatable bonds is 4. The molecule has 2 aromatic carbocycles. The molecule has 0 heterocycles. The Bertz CT molecular complexity index is 910. The van der Waals surface area contributed by atoms with Gasteiger partial charge in [0.15, 0.2) is 11.6 Å². The summed E-state index contributed by atoms with van der Waals surface area (Å²) in [6.07, 6.45) is -0.320. The van der Waals surface area contributed by atoms with E-state index in [-0.39, 0.29) is 29.0 Å². The lowest BCUT2D eigenvalue weighted by molar-refractivity contribution is -0.121. The van der Waals surface area contributed by atoms with E-state index in [2.05, 4.69) is 5.32 Å². The van der Waals surface area contributed by atoms with Crippen LogP contribution in [0.15, 0.2) is 54.1 Å². The van der Waals surface area contributed by atoms with Crippen LogP contribution in [-0.2, 0) is 9.59 Å². The van der Waals surface area contributed by atoms with Gasteiger partial charge < -0.3 is 5.32 Å². The first-order chi connectivity index (χ1) is 12.4. The van der Waals surface area contributed by atoms with Gasteiger partial charge in [-0.1, -0.05) is 41.9 Å². The van der Waals surface area contributed by atoms with Crippen molar-refractivity contribution in [3.05, 3.63) is 65.0 Å². The molecule has 0 saturated carbocycles. The summed E-state index contributed by atoms with van der Waals surface area (Å²) in [5.41, 5.74) is 0.817. The van der Waals surface area contributed by atoms with E-state index in [0.29, 0.717) is 10.6 Å². The zero-order chi connectivity index (χ0) is 18.8. The lowest BCUT2D eigenvalue weighted by Gasteiger charge is -2.15. The van der Waals surface area contributed by atoms with Gasteiger partial charge in [0, 0.05) is 21.7 Å². The highest BCUT2D eigenvalue weighted by molar-refractivity contribution is 6.33. The smallest absolute Gasteiger partial charge is 0.232 e. The first kappa shape index (κ1) is 18.3. The predicted octanol–water partition coefficient (Wildman–Crippen LogP) is 4.96. The van der Waals surface area contributed by atoms with E-state index in [0.717, 1.165) is 6.08 Å². The van der Waals surface area contributed by atoms with Crippen molar-refractivity contribution < 1.29 is 18.4 Å². The fourth-order valence-corrected chi connectivity index (χ4v) is 3.32. The molecule has 1 aliphatic carbocycles. The Labute approximate surface area is 154 Å². The van der Waals surface area contributed by atoms with E-state index in [1.54, 1.807) is 36.4 Å². The second-order valence-corrected chi connectivity index (χ2v) is 6.53. The minimum Gasteiger partial charge on any atom is -0.323 e. The largest absolute Gasteiger partial charge is 0.323 e. The van der Waals surface area contributed by atoms with Gasteiger partial charge in [-0.2, -0.15) is 0 Å². The molecule has 0 radical (unpaired) electrons. The van der Waals surface area contributed by atoms with Gasteiger partial charge in [0.1, 0.15) is 6.17 Å². The van der Waals surface area contributed by atoms with Crippen LogP contribution in [-0.4, -0.2) is 17.9 Å². The average Bonchev–Trinajstić information content (AvgIpc) is 3.00. The number of anilines is 1. The topological polar surface area (TPSA) is 46.2 Å². The summed E-state index contributed by atoms with van der Waals surface area (Å²) < 4.78 is 28.5. The van der Waals surface area contributed by atoms with E-state index in [1.165, 1.54) is 13.0 Å². The molecule has 3 rings (SSSR count). The maximum atomic E-state index is 14.9. The molecule has 1 amide bonds. The number of hydrogen-bond donors (Lipinski definition) is 1. The van der Waals surface area contributed by atoms with Gasteiger partial charge in [0.2, 0.25) is 5.91 Å². The van der Waals surface area contributed by atoms with Crippen LogP contribution >= 0.6 is 11.6 Å². The van der Waals surface area contributed by atoms with Crippen LogP contribution in [0.2, 0.25) is 5.02 Å². The SMILES string of the molecule is CC(=O)C1=CC(F)C[C@H]1C(=O)Nc1cccc(-c2ccccc2Cl)c1F. The maximum Gasteiger partial charge on any atom is 0.232 e. The number of alkyl halides is 1. The standard InChI is InChI=1S/C20H16ClF2NO2/c1-11(25)15-9-12(22)10-16(15)20(26)24-18-8-4-6-14(19(18)23)13-5-2-3-7-17(13)21/h2-9,12,16H,10H2,1H3,(H,24,26)/t12?,16-/m1/s1. The fraction of sp³-hybridized carbons (Fsp3) is 0.200. The second-order valence-electron chi connectivity index (χ2n) is 6.12. The molecule has 3 nitrogen and oxygen atoms in total. The number of amides is 1. The molecular weight excluding hydrogens is 360 g/mol. The molecule has 1 unspecified atom stereocenters. The molecule has 6 heteroatoms. The van der Waals surface area contributed by atoms with E-state index < -0.39 is 23.8 Å². The summed E-state index contributed by atoms with van der Waals surface area (Å²) in [4.78, 5) is 24.1. The molecule has 1 aliphatic rings. The minimum atomic E-state index is -1.36. The van der Waals surface area contributed by atoms with Gasteiger partial charge in [-0.15, -0.1) is 0 Å². The Morgan fingerprint density at radius 3 is 2.50 bits per heavy atom. The molecule has 1 N–H and O–H groups in total. The van der Waals surface area contributed by atoms with Gasteiger partial charge in [0.25, 0.3) is 0 Å². The van der Waals surface area contributed by atoms with E-state index in [4.69, 9.17) is 11.6 Å². The molecule has 134 valence electrons. The molecule has 0 aromatic heterocycles. The average molecular weight is 376 g/mol. The third-order valence-corrected chi connectivity index (χ3v) is 4.67. The van der Waals surface area contributed by atoms with Crippen molar-refractivity contribution in [3.8, 4) is 11.1 Å². The summed E-state index contributed by atoms with van der Waals surface area (Å²) in [7, 11) is 0. The molecular formula is C20H16ClF2NO2. The molecule has 0 saturated heterocycles. The Hall–Kier alpha value is -2.53. The fourth-order valence-electron chi connectivity index (χ4n) is 3.08. The molecule has 0 bridgehead atoms. The summed E-state index contributed by atoms with van der Waals surface area (Å²) in [5.74, 6) is -2.54. The first-order valence-electron chi connectivity index (χ1n) is 8.09. The number of hydrogen-bond acceptors (Lipinski definition) is 2. The molecule has 2 aromatic rings. The summed E-state index contributed by atoms with van der Waals surface area (Å²) in [5, 5.41) is 2.85. The second kappa shape index (κ2) is 7.38. The molecule has 0 spiro atoms. The summed E-state index contributed by atoms with van der Waals surface area (Å²) in [6, 6.07) is 11.3. The van der Waals surface area contributed by atoms with Crippen molar-refractivity contribution >= 4 is 29.0 Å². The van der Waals surface area contributed by atoms with Gasteiger partial charge in [-0.3, -0.25) is 9.59 Å². The van der Waals surface area contributed by atoms with E-state index in [1.807, 2.05) is 0 Å². The molecule has 0 aliphatic heterocycles. The number of Topliss-reactive ketones (excluding diaryl/α,β-unsaturated/α-hetero) is 1. The van der Waals surface area contributed by atoms with Crippen LogP contribution in [0.1, 0.15) is 13.3 Å². The lowest BCUT2D eigenvalue weighted by Crippen LogP contribution is -2.25. The Balaban J connectivity index is 1.89. The van der Waals surface area contributed by atoms with E-state index in [9.17, 15) is 18.4 Å². The highest BCUT2D eigenvalue weighted by Gasteiger charge is 2.34. The Kier molecular flexibility index (Phi) is 5.18. The Morgan fingerprint density at radius 1 is 1.12 bits per heavy atom. The van der Waals surface area contributed by atoms with Crippen LogP contribution < -0.4 is 5.32 Å². The first-order valence-corrected chi connectivity index (χ1v) is 8.47. The van der Waals surface area contributed by atoms with Crippen LogP contribution in [0, 0.1) is 11.7 Å². The van der Waals surface area contributed by atoms with Crippen molar-refractivity contribution in [2.45, 2.75) is 19.5 Å². The number of allylic oxidation sites excluding steroid dienone is 1. The minimum absolute atomic E-state index is 0.0439. The van der Waals surface area contributed by atoms with Crippen molar-refractivity contribution in [1.82, 2.24) is 0 Å². The zero-order valence-electron chi connectivity index (χ0n) is 13.9. The number of halogens is 3. The molecule has 2 atom stereocenters. The number of carbonyl (C=O) groups excluding carboxylic acids is 2. The number of nitrogens with one attached hydrogen (secondary N) is 1. The monoisotopic (exact) mass is 375 g/mol. The maximum absolute atomic E-state index is 14.9. The highest BCUT2D eigenvalue weighted by atomic mass is 35.5. The van der Waals surface area contributed by atoms with Gasteiger partial charge in [0.05, 0.1) is 11.6 Å². The van der Waals surface area contributed by atoms with Gasteiger partial charge in [-0.25, -0.2) is 8.78 Å². The van der Waals surface area contributed by atoms with Crippen LogP contribution in [0.25, 0.3) is 11.1 Å². The third-order valence-electron chi connectivity index (χ3n) is 4.34. The normalized spacial score (nSPS) is 19.2. The number of carbonyl (C=O) groups is 2. The van der Waals surface area contributed by atoms with Gasteiger partial charge in [-0.05, 0) is 31.6 Å². The lowest BCUT2D eigenvalue weighted by atomic mass is 9.97. The van der Waals surface area contributed by atoms with Crippen molar-refractivity contribution in [3.63, 3.8) is 0 Å².